The van der Waals surface area contributed by atoms with Gasteiger partial charge in [0.1, 0.15) is 17.8 Å². The maximum Gasteiger partial charge on any atom is 0.213 e. The van der Waals surface area contributed by atoms with Crippen molar-refractivity contribution in [3.05, 3.63) is 64.8 Å². The molecule has 6 nitrogen and oxygen atoms in total. The number of rotatable bonds is 6. The van der Waals surface area contributed by atoms with Crippen LogP contribution in [0.3, 0.4) is 0 Å². The van der Waals surface area contributed by atoms with Crippen LogP contribution in [0.1, 0.15) is 62.7 Å². The number of hydrogen-bond donors (Lipinski definition) is 1. The van der Waals surface area contributed by atoms with Crippen molar-refractivity contribution in [2.75, 3.05) is 6.54 Å². The predicted molar refractivity (Wildman–Crippen MR) is 130 cm³/mol. The summed E-state index contributed by atoms with van der Waals surface area (Å²) < 4.78 is 8.43. The van der Waals surface area contributed by atoms with E-state index < -0.39 is 0 Å². The molecule has 7 heteroatoms. The summed E-state index contributed by atoms with van der Waals surface area (Å²) in [7, 11) is 0. The maximum atomic E-state index is 6.40. The van der Waals surface area contributed by atoms with Gasteiger partial charge in [0.2, 0.25) is 5.88 Å². The Morgan fingerprint density at radius 3 is 2.70 bits per heavy atom. The number of hydrogen-bond acceptors (Lipinski definition) is 5. The topological polar surface area (TPSA) is 64.9 Å². The van der Waals surface area contributed by atoms with Gasteiger partial charge in [-0.05, 0) is 74.4 Å². The second kappa shape index (κ2) is 9.82. The Balaban J connectivity index is 1.37. The Kier molecular flexibility index (Phi) is 6.65. The molecule has 0 radical (unpaired) electrons. The molecule has 1 unspecified atom stereocenters. The molecule has 1 aliphatic carbocycles. The van der Waals surface area contributed by atoms with Gasteiger partial charge in [0.05, 0.1) is 5.69 Å². The van der Waals surface area contributed by atoms with Crippen molar-refractivity contribution in [3.8, 4) is 11.6 Å². The van der Waals surface area contributed by atoms with Gasteiger partial charge in [-0.1, -0.05) is 31.5 Å². The molecular formula is C26H32ClN5O. The summed E-state index contributed by atoms with van der Waals surface area (Å²) in [5.41, 5.74) is 2.47. The van der Waals surface area contributed by atoms with Gasteiger partial charge < -0.3 is 10.1 Å². The lowest BCUT2D eigenvalue weighted by Gasteiger charge is -2.28. The zero-order chi connectivity index (χ0) is 22.8. The average molecular weight is 466 g/mol. The molecule has 1 atom stereocenters. The molecule has 0 bridgehead atoms. The van der Waals surface area contributed by atoms with Crippen molar-refractivity contribution in [2.45, 2.75) is 70.4 Å². The molecule has 3 aromatic rings. The summed E-state index contributed by atoms with van der Waals surface area (Å²) in [5, 5.41) is 13.8. The fourth-order valence-electron chi connectivity index (χ4n) is 5.14. The maximum absolute atomic E-state index is 6.40. The third kappa shape index (κ3) is 5.07. The second-order valence-electron chi connectivity index (χ2n) is 9.68. The van der Waals surface area contributed by atoms with Gasteiger partial charge in [-0.2, -0.15) is 0 Å². The van der Waals surface area contributed by atoms with Crippen LogP contribution in [0.5, 0.6) is 5.88 Å². The lowest BCUT2D eigenvalue weighted by atomic mass is 9.86. The van der Waals surface area contributed by atoms with Crippen LogP contribution in [0, 0.1) is 5.92 Å². The summed E-state index contributed by atoms with van der Waals surface area (Å²) in [6, 6.07) is 12.5. The van der Waals surface area contributed by atoms with Crippen LogP contribution >= 0.6 is 11.6 Å². The van der Waals surface area contributed by atoms with Crippen molar-refractivity contribution in [2.24, 2.45) is 5.92 Å². The fraction of sp³-hybridized carbons (Fsp3) is 0.500. The highest BCUT2D eigenvalue weighted by Crippen LogP contribution is 2.37. The van der Waals surface area contributed by atoms with Gasteiger partial charge in [0.15, 0.2) is 0 Å². The van der Waals surface area contributed by atoms with Crippen LogP contribution in [-0.4, -0.2) is 38.4 Å². The predicted octanol–water partition coefficient (Wildman–Crippen LogP) is 5.13. The summed E-state index contributed by atoms with van der Waals surface area (Å²) in [6.45, 7) is 5.34. The molecule has 2 aliphatic rings. The zero-order valence-electron chi connectivity index (χ0n) is 19.4. The number of ether oxygens (including phenoxy) is 1. The minimum Gasteiger partial charge on any atom is -0.474 e. The lowest BCUT2D eigenvalue weighted by molar-refractivity contribution is 0.139. The van der Waals surface area contributed by atoms with Gasteiger partial charge in [-0.25, -0.2) is 4.98 Å². The first-order chi connectivity index (χ1) is 16.1. The first kappa shape index (κ1) is 22.4. The first-order valence-electron chi connectivity index (χ1n) is 12.1. The highest BCUT2D eigenvalue weighted by molar-refractivity contribution is 6.30. The van der Waals surface area contributed by atoms with Crippen LogP contribution in [-0.2, 0) is 12.8 Å². The summed E-state index contributed by atoms with van der Waals surface area (Å²) >= 11 is 6.40. The van der Waals surface area contributed by atoms with E-state index in [9.17, 15) is 0 Å². The quantitative estimate of drug-likeness (QED) is 0.546. The molecule has 3 heterocycles. The van der Waals surface area contributed by atoms with E-state index in [1.807, 2.05) is 24.3 Å². The molecule has 0 spiro atoms. The lowest BCUT2D eigenvalue weighted by Crippen LogP contribution is -2.30. The van der Waals surface area contributed by atoms with Gasteiger partial charge in [0.25, 0.3) is 0 Å². The number of aromatic nitrogens is 4. The van der Waals surface area contributed by atoms with Crippen LogP contribution < -0.4 is 10.1 Å². The fourth-order valence-corrected chi connectivity index (χ4v) is 5.33. The monoisotopic (exact) mass is 465 g/mol. The van der Waals surface area contributed by atoms with Crippen LogP contribution in [0.15, 0.2) is 42.6 Å². The second-order valence-corrected chi connectivity index (χ2v) is 10.1. The van der Waals surface area contributed by atoms with Gasteiger partial charge in [0, 0.05) is 35.7 Å². The van der Waals surface area contributed by atoms with Crippen LogP contribution in [0.25, 0.3) is 5.69 Å². The van der Waals surface area contributed by atoms with Crippen molar-refractivity contribution in [1.29, 1.82) is 0 Å². The Morgan fingerprint density at radius 1 is 1.09 bits per heavy atom. The molecule has 5 rings (SSSR count). The van der Waals surface area contributed by atoms with E-state index >= 15 is 0 Å². The molecule has 0 saturated heterocycles. The number of pyridine rings is 1. The van der Waals surface area contributed by atoms with E-state index in [4.69, 9.17) is 21.4 Å². The van der Waals surface area contributed by atoms with E-state index in [1.54, 1.807) is 6.20 Å². The van der Waals surface area contributed by atoms with Crippen molar-refractivity contribution >= 4 is 11.6 Å². The van der Waals surface area contributed by atoms with E-state index in [0.29, 0.717) is 23.8 Å². The van der Waals surface area contributed by atoms with E-state index in [2.05, 4.69) is 45.9 Å². The number of fused-ring (bicyclic) bond motifs is 3. The normalized spacial score (nSPS) is 22.5. The van der Waals surface area contributed by atoms with Gasteiger partial charge >= 0.3 is 0 Å². The molecule has 2 aromatic heterocycles. The molecule has 1 saturated carbocycles. The summed E-state index contributed by atoms with van der Waals surface area (Å²) in [5.74, 6) is 3.70. The van der Waals surface area contributed by atoms with Crippen molar-refractivity contribution in [1.82, 2.24) is 25.1 Å². The molecule has 1 fully saturated rings. The third-order valence-corrected chi connectivity index (χ3v) is 7.03. The molecule has 1 aliphatic heterocycles. The minimum atomic E-state index is 0.209. The number of nitrogens with one attached hydrogen (secondary N) is 1. The first-order valence-corrected chi connectivity index (χ1v) is 12.5. The molecular weight excluding hydrogens is 434 g/mol. The van der Waals surface area contributed by atoms with Crippen LogP contribution in [0.4, 0.5) is 0 Å². The number of nitrogens with zero attached hydrogens (tertiary/aromatic N) is 4. The molecule has 1 N–H and O–H groups in total. The smallest absolute Gasteiger partial charge is 0.213 e. The van der Waals surface area contributed by atoms with E-state index in [0.717, 1.165) is 61.7 Å². The summed E-state index contributed by atoms with van der Waals surface area (Å²) in [4.78, 5) is 4.31. The largest absolute Gasteiger partial charge is 0.474 e. The Morgan fingerprint density at radius 2 is 1.94 bits per heavy atom. The highest BCUT2D eigenvalue weighted by Gasteiger charge is 2.31. The molecule has 0 amide bonds. The van der Waals surface area contributed by atoms with Crippen molar-refractivity contribution < 1.29 is 4.74 Å². The average Bonchev–Trinajstić information content (AvgIpc) is 3.15. The van der Waals surface area contributed by atoms with Gasteiger partial charge in [-0.15, -0.1) is 10.2 Å². The summed E-state index contributed by atoms with van der Waals surface area (Å²) in [6.07, 6.45) is 7.96. The minimum absolute atomic E-state index is 0.209. The Labute approximate surface area is 200 Å². The highest BCUT2D eigenvalue weighted by atomic mass is 35.5. The Bertz CT molecular complexity index is 1080. The SMILES string of the molecule is CC(C)NCC1Cc2cc(Cl)ccc2-n2c(nnc2C2CCC(Oc3ccccn3)CC2)C1. The standard InChI is InChI=1S/C26H32ClN5O/c1-17(2)29-16-18-13-20-15-21(27)8-11-23(20)32-24(14-18)30-31-26(32)19-6-9-22(10-7-19)33-25-5-3-4-12-28-25/h3-5,8,11-12,15,17-19,22,29H,6-7,9-10,13-14,16H2,1-2H3. The molecule has 1 aromatic carbocycles. The molecule has 174 valence electrons. The number of halogens is 1. The third-order valence-electron chi connectivity index (χ3n) is 6.80. The van der Waals surface area contributed by atoms with Gasteiger partial charge in [-0.3, -0.25) is 4.57 Å². The molecule has 33 heavy (non-hydrogen) atoms. The van der Waals surface area contributed by atoms with E-state index in [-0.39, 0.29) is 6.10 Å². The van der Waals surface area contributed by atoms with E-state index in [1.165, 1.54) is 11.3 Å². The zero-order valence-corrected chi connectivity index (χ0v) is 20.1. The number of benzene rings is 1. The Hall–Kier alpha value is -2.44. The van der Waals surface area contributed by atoms with Crippen molar-refractivity contribution in [3.63, 3.8) is 0 Å². The van der Waals surface area contributed by atoms with Crippen LogP contribution in [0.2, 0.25) is 5.02 Å².